The van der Waals surface area contributed by atoms with Crippen LogP contribution < -0.4 is 0 Å². The largest absolute Gasteiger partial charge is 0.178 e. The van der Waals surface area contributed by atoms with E-state index < -0.39 is 0 Å². The Morgan fingerprint density at radius 3 is 1.86 bits per heavy atom. The zero-order valence-electron chi connectivity index (χ0n) is 9.81. The third-order valence-corrected chi connectivity index (χ3v) is 3.54. The van der Waals surface area contributed by atoms with Gasteiger partial charge in [0.25, 0.3) is 0 Å². The molecule has 0 spiro atoms. The Labute approximate surface area is 93.1 Å². The average molecular weight is 208 g/mol. The number of benzene rings is 1. The lowest BCUT2D eigenvalue weighted by molar-refractivity contribution is 0.595. The van der Waals surface area contributed by atoms with Gasteiger partial charge in [-0.2, -0.15) is 12.6 Å². The van der Waals surface area contributed by atoms with Gasteiger partial charge in [-0.25, -0.2) is 0 Å². The minimum Gasteiger partial charge on any atom is -0.178 e. The summed E-state index contributed by atoms with van der Waals surface area (Å²) in [5.74, 6) is 0.887. The molecule has 0 aliphatic carbocycles. The lowest BCUT2D eigenvalue weighted by atomic mass is 9.80. The summed E-state index contributed by atoms with van der Waals surface area (Å²) in [5.41, 5.74) is 5.75. The van der Waals surface area contributed by atoms with Crippen LogP contribution in [0, 0.1) is 20.8 Å². The first-order chi connectivity index (χ1) is 6.38. The topological polar surface area (TPSA) is 0 Å². The lowest BCUT2D eigenvalue weighted by Crippen LogP contribution is -2.22. The summed E-state index contributed by atoms with van der Waals surface area (Å²) in [6.45, 7) is 11.0. The van der Waals surface area contributed by atoms with E-state index >= 15 is 0 Å². The molecule has 1 aromatic rings. The number of aryl methyl sites for hydroxylation is 3. The molecule has 0 bridgehead atoms. The van der Waals surface area contributed by atoms with E-state index in [1.807, 2.05) is 0 Å². The molecular formula is C13H20S. The first-order valence-electron chi connectivity index (χ1n) is 5.07. The predicted molar refractivity (Wildman–Crippen MR) is 67.5 cm³/mol. The summed E-state index contributed by atoms with van der Waals surface area (Å²) in [4.78, 5) is 0. The van der Waals surface area contributed by atoms with Gasteiger partial charge in [0.1, 0.15) is 0 Å². The van der Waals surface area contributed by atoms with E-state index in [0.29, 0.717) is 0 Å². The molecule has 78 valence electrons. The van der Waals surface area contributed by atoms with E-state index in [4.69, 9.17) is 0 Å². The molecule has 0 aliphatic heterocycles. The molecule has 14 heavy (non-hydrogen) atoms. The quantitative estimate of drug-likeness (QED) is 0.702. The zero-order chi connectivity index (χ0) is 10.9. The molecule has 0 nitrogen and oxygen atoms in total. The third-order valence-electron chi connectivity index (χ3n) is 2.75. The molecule has 0 fully saturated rings. The molecule has 0 unspecified atom stereocenters. The Bertz CT molecular complexity index is 314. The first-order valence-corrected chi connectivity index (χ1v) is 5.71. The van der Waals surface area contributed by atoms with Crippen molar-refractivity contribution in [2.75, 3.05) is 5.75 Å². The second kappa shape index (κ2) is 3.98. The van der Waals surface area contributed by atoms with Gasteiger partial charge >= 0.3 is 0 Å². The van der Waals surface area contributed by atoms with Crippen molar-refractivity contribution in [3.63, 3.8) is 0 Å². The molecule has 0 heterocycles. The van der Waals surface area contributed by atoms with E-state index in [0.717, 1.165) is 5.75 Å². The van der Waals surface area contributed by atoms with Gasteiger partial charge < -0.3 is 0 Å². The van der Waals surface area contributed by atoms with Crippen molar-refractivity contribution in [3.8, 4) is 0 Å². The Balaban J connectivity index is 3.35. The van der Waals surface area contributed by atoms with Crippen LogP contribution in [-0.4, -0.2) is 5.75 Å². The van der Waals surface area contributed by atoms with Crippen LogP contribution in [0.15, 0.2) is 12.1 Å². The number of hydrogen-bond acceptors (Lipinski definition) is 1. The highest BCUT2D eigenvalue weighted by atomic mass is 32.1. The molecule has 0 N–H and O–H groups in total. The molecule has 1 aromatic carbocycles. The SMILES string of the molecule is Cc1cc(C)c(C(C)(C)CS)c(C)c1. The first kappa shape index (κ1) is 11.6. The van der Waals surface area contributed by atoms with Gasteiger partial charge in [0.15, 0.2) is 0 Å². The molecule has 0 atom stereocenters. The van der Waals surface area contributed by atoms with E-state index in [9.17, 15) is 0 Å². The van der Waals surface area contributed by atoms with Crippen molar-refractivity contribution in [1.29, 1.82) is 0 Å². The standard InChI is InChI=1S/C13H20S/c1-9-6-10(2)12(11(3)7-9)13(4,5)8-14/h6-7,14H,8H2,1-5H3. The van der Waals surface area contributed by atoms with Crippen LogP contribution in [0.3, 0.4) is 0 Å². The maximum absolute atomic E-state index is 4.43. The molecule has 1 heteroatoms. The molecule has 0 aliphatic rings. The van der Waals surface area contributed by atoms with Gasteiger partial charge in [-0.1, -0.05) is 31.5 Å². The highest BCUT2D eigenvalue weighted by Crippen LogP contribution is 2.31. The van der Waals surface area contributed by atoms with Crippen LogP contribution >= 0.6 is 12.6 Å². The normalized spacial score (nSPS) is 11.9. The molecular weight excluding hydrogens is 188 g/mol. The summed E-state index contributed by atoms with van der Waals surface area (Å²) in [5, 5.41) is 0. The van der Waals surface area contributed by atoms with Crippen molar-refractivity contribution in [2.45, 2.75) is 40.0 Å². The van der Waals surface area contributed by atoms with Gasteiger partial charge in [0.05, 0.1) is 0 Å². The molecule has 0 amide bonds. The van der Waals surface area contributed by atoms with E-state index in [2.05, 4.69) is 59.4 Å². The van der Waals surface area contributed by atoms with Crippen LogP contribution in [0.25, 0.3) is 0 Å². The summed E-state index contributed by atoms with van der Waals surface area (Å²) in [6.07, 6.45) is 0. The average Bonchev–Trinajstić information content (AvgIpc) is 2.01. The van der Waals surface area contributed by atoms with Gasteiger partial charge in [-0.3, -0.25) is 0 Å². The van der Waals surface area contributed by atoms with Gasteiger partial charge in [0, 0.05) is 0 Å². The summed E-state index contributed by atoms with van der Waals surface area (Å²) >= 11 is 4.43. The zero-order valence-corrected chi connectivity index (χ0v) is 10.7. The molecule has 0 aromatic heterocycles. The van der Waals surface area contributed by atoms with Crippen molar-refractivity contribution < 1.29 is 0 Å². The minimum absolute atomic E-state index is 0.172. The predicted octanol–water partition coefficient (Wildman–Crippen LogP) is 3.82. The second-order valence-corrected chi connectivity index (χ2v) is 5.13. The van der Waals surface area contributed by atoms with E-state index in [1.54, 1.807) is 0 Å². The van der Waals surface area contributed by atoms with Crippen molar-refractivity contribution in [3.05, 3.63) is 34.4 Å². The van der Waals surface area contributed by atoms with Gasteiger partial charge in [0.2, 0.25) is 0 Å². The second-order valence-electron chi connectivity index (χ2n) is 4.82. The number of hydrogen-bond donors (Lipinski definition) is 1. The van der Waals surface area contributed by atoms with Crippen molar-refractivity contribution in [1.82, 2.24) is 0 Å². The fourth-order valence-corrected chi connectivity index (χ4v) is 2.48. The summed E-state index contributed by atoms with van der Waals surface area (Å²) in [6, 6.07) is 4.51. The Kier molecular flexibility index (Phi) is 3.31. The Morgan fingerprint density at radius 1 is 1.07 bits per heavy atom. The van der Waals surface area contributed by atoms with Crippen LogP contribution in [0.1, 0.15) is 36.1 Å². The smallest absolute Gasteiger partial charge is 0.000563 e. The summed E-state index contributed by atoms with van der Waals surface area (Å²) in [7, 11) is 0. The van der Waals surface area contributed by atoms with E-state index in [-0.39, 0.29) is 5.41 Å². The number of thiol groups is 1. The minimum atomic E-state index is 0.172. The van der Waals surface area contributed by atoms with Crippen LogP contribution in [0.5, 0.6) is 0 Å². The fourth-order valence-electron chi connectivity index (χ4n) is 2.33. The lowest BCUT2D eigenvalue weighted by Gasteiger charge is -2.27. The van der Waals surface area contributed by atoms with Crippen LogP contribution in [0.4, 0.5) is 0 Å². The molecule has 1 rings (SSSR count). The maximum atomic E-state index is 4.43. The van der Waals surface area contributed by atoms with Gasteiger partial charge in [-0.05, 0) is 48.6 Å². The van der Waals surface area contributed by atoms with Crippen LogP contribution in [0.2, 0.25) is 0 Å². The summed E-state index contributed by atoms with van der Waals surface area (Å²) < 4.78 is 0. The van der Waals surface area contributed by atoms with Crippen molar-refractivity contribution >= 4 is 12.6 Å². The monoisotopic (exact) mass is 208 g/mol. The Hall–Kier alpha value is -0.430. The van der Waals surface area contributed by atoms with Crippen LogP contribution in [-0.2, 0) is 5.41 Å². The molecule has 0 saturated carbocycles. The van der Waals surface area contributed by atoms with Gasteiger partial charge in [-0.15, -0.1) is 0 Å². The Morgan fingerprint density at radius 2 is 1.50 bits per heavy atom. The maximum Gasteiger partial charge on any atom is -0.000563 e. The highest BCUT2D eigenvalue weighted by Gasteiger charge is 2.22. The highest BCUT2D eigenvalue weighted by molar-refractivity contribution is 7.80. The number of rotatable bonds is 2. The molecule has 0 saturated heterocycles. The third kappa shape index (κ3) is 2.14. The fraction of sp³-hybridized carbons (Fsp3) is 0.538. The van der Waals surface area contributed by atoms with Crippen molar-refractivity contribution in [2.24, 2.45) is 0 Å². The molecule has 0 radical (unpaired) electrons. The van der Waals surface area contributed by atoms with E-state index in [1.165, 1.54) is 22.3 Å².